The van der Waals surface area contributed by atoms with Gasteiger partial charge in [-0.2, -0.15) is 0 Å². The van der Waals surface area contributed by atoms with Gasteiger partial charge < -0.3 is 24.1 Å². The lowest BCUT2D eigenvalue weighted by molar-refractivity contribution is -0.118. The van der Waals surface area contributed by atoms with Gasteiger partial charge in [-0.25, -0.2) is 9.38 Å². The van der Waals surface area contributed by atoms with Gasteiger partial charge >= 0.3 is 0 Å². The number of aliphatic hydroxyl groups is 1. The van der Waals surface area contributed by atoms with Crippen molar-refractivity contribution in [3.05, 3.63) is 48.0 Å². The fourth-order valence-corrected chi connectivity index (χ4v) is 3.91. The van der Waals surface area contributed by atoms with E-state index in [-0.39, 0.29) is 31.8 Å². The number of alkyl halides is 1. The highest BCUT2D eigenvalue weighted by Gasteiger charge is 2.27. The third-order valence-electron chi connectivity index (χ3n) is 5.71. The molecule has 0 unspecified atom stereocenters. The van der Waals surface area contributed by atoms with Crippen molar-refractivity contribution >= 4 is 11.6 Å². The number of hydrogen-bond acceptors (Lipinski definition) is 7. The highest BCUT2D eigenvalue weighted by atomic mass is 19.1. The molecule has 34 heavy (non-hydrogen) atoms. The summed E-state index contributed by atoms with van der Waals surface area (Å²) in [5, 5.41) is 11.1. The standard InChI is InChI=1S/C25H29FN2O6/c1-31-19-3-5-20(6-4-19)32-11-9-24(29)27-21(16-28-10-8-18(26)15-28)25(30)17-2-7-22-23(14-17)34-13-12-33-22/h2-7,14,18,25,30H,8-13,15-16H2,1H3/b27-21+/t18-,25+/m0/s1. The predicted molar refractivity (Wildman–Crippen MR) is 124 cm³/mol. The summed E-state index contributed by atoms with van der Waals surface area (Å²) in [6.07, 6.45) is -1.59. The molecular weight excluding hydrogens is 443 g/mol. The van der Waals surface area contributed by atoms with E-state index in [2.05, 4.69) is 4.99 Å². The maximum Gasteiger partial charge on any atom is 0.249 e. The maximum absolute atomic E-state index is 13.7. The van der Waals surface area contributed by atoms with E-state index in [0.29, 0.717) is 54.7 Å². The van der Waals surface area contributed by atoms with Gasteiger partial charge in [-0.1, -0.05) is 6.07 Å². The molecule has 0 aliphatic carbocycles. The molecule has 2 aliphatic rings. The van der Waals surface area contributed by atoms with E-state index in [1.165, 1.54) is 0 Å². The van der Waals surface area contributed by atoms with Gasteiger partial charge in [0, 0.05) is 19.6 Å². The van der Waals surface area contributed by atoms with Crippen LogP contribution in [0.15, 0.2) is 47.5 Å². The summed E-state index contributed by atoms with van der Waals surface area (Å²) in [6, 6.07) is 12.2. The number of likely N-dealkylation sites (tertiary alicyclic amines) is 1. The van der Waals surface area contributed by atoms with E-state index < -0.39 is 18.2 Å². The lowest BCUT2D eigenvalue weighted by atomic mass is 10.0. The summed E-state index contributed by atoms with van der Waals surface area (Å²) in [7, 11) is 1.58. The average molecular weight is 473 g/mol. The molecule has 8 nitrogen and oxygen atoms in total. The van der Waals surface area contributed by atoms with Crippen molar-refractivity contribution < 1.29 is 33.2 Å². The van der Waals surface area contributed by atoms with E-state index >= 15 is 0 Å². The first-order chi connectivity index (χ1) is 16.5. The Balaban J connectivity index is 1.43. The van der Waals surface area contributed by atoms with Crippen LogP contribution in [-0.4, -0.2) is 74.4 Å². The molecule has 0 radical (unpaired) electrons. The van der Waals surface area contributed by atoms with Gasteiger partial charge in [-0.15, -0.1) is 0 Å². The minimum absolute atomic E-state index is 0.0368. The zero-order valence-electron chi connectivity index (χ0n) is 19.1. The number of methoxy groups -OCH3 is 1. The van der Waals surface area contributed by atoms with Crippen molar-refractivity contribution in [1.82, 2.24) is 4.90 Å². The zero-order chi connectivity index (χ0) is 23.9. The van der Waals surface area contributed by atoms with Crippen LogP contribution >= 0.6 is 0 Å². The number of benzene rings is 2. The van der Waals surface area contributed by atoms with Crippen LogP contribution in [0.2, 0.25) is 0 Å². The Labute approximate surface area is 197 Å². The molecule has 1 N–H and O–H groups in total. The van der Waals surface area contributed by atoms with Crippen LogP contribution in [0.1, 0.15) is 24.5 Å². The van der Waals surface area contributed by atoms with Crippen molar-refractivity contribution in [1.29, 1.82) is 0 Å². The van der Waals surface area contributed by atoms with E-state index in [4.69, 9.17) is 18.9 Å². The first-order valence-electron chi connectivity index (χ1n) is 11.3. The molecule has 2 heterocycles. The third-order valence-corrected chi connectivity index (χ3v) is 5.71. The maximum atomic E-state index is 13.7. The first kappa shape index (κ1) is 24.0. The minimum Gasteiger partial charge on any atom is -0.497 e. The molecule has 1 fully saturated rings. The molecule has 2 aromatic carbocycles. The molecule has 0 aromatic heterocycles. The Bertz CT molecular complexity index is 1010. The summed E-state index contributed by atoms with van der Waals surface area (Å²) in [4.78, 5) is 18.7. The second kappa shape index (κ2) is 11.3. The summed E-state index contributed by atoms with van der Waals surface area (Å²) in [6.45, 7) is 2.02. The van der Waals surface area contributed by atoms with Crippen LogP contribution < -0.4 is 18.9 Å². The minimum atomic E-state index is -1.14. The van der Waals surface area contributed by atoms with Crippen molar-refractivity contribution in [3.63, 3.8) is 0 Å². The Morgan fingerprint density at radius 1 is 1.18 bits per heavy atom. The van der Waals surface area contributed by atoms with Gasteiger partial charge in [-0.3, -0.25) is 9.69 Å². The molecule has 0 bridgehead atoms. The molecule has 0 saturated carbocycles. The van der Waals surface area contributed by atoms with Crippen molar-refractivity contribution in [3.8, 4) is 23.0 Å². The molecule has 1 saturated heterocycles. The SMILES string of the molecule is COc1ccc(OCCC(=O)/N=C(\CN2CC[C@H](F)C2)[C@H](O)c2ccc3c(c2)OCCO3)cc1. The smallest absolute Gasteiger partial charge is 0.249 e. The number of nitrogens with zero attached hydrogens (tertiary/aromatic N) is 2. The topological polar surface area (TPSA) is 89.8 Å². The van der Waals surface area contributed by atoms with Crippen molar-refractivity contribution in [2.75, 3.05) is 46.6 Å². The Morgan fingerprint density at radius 3 is 2.62 bits per heavy atom. The van der Waals surface area contributed by atoms with Gasteiger partial charge in [-0.05, 0) is 48.4 Å². The number of aliphatic hydroxyl groups excluding tert-OH is 1. The van der Waals surface area contributed by atoms with E-state index in [9.17, 15) is 14.3 Å². The van der Waals surface area contributed by atoms with Crippen LogP contribution in [0.4, 0.5) is 4.39 Å². The molecule has 2 aliphatic heterocycles. The van der Waals surface area contributed by atoms with Gasteiger partial charge in [0.25, 0.3) is 0 Å². The van der Waals surface area contributed by atoms with Gasteiger partial charge in [0.15, 0.2) is 11.5 Å². The second-order valence-corrected chi connectivity index (χ2v) is 8.20. The Hall–Kier alpha value is -3.17. The van der Waals surface area contributed by atoms with E-state index in [1.54, 1.807) is 49.6 Å². The Kier molecular flexibility index (Phi) is 7.97. The highest BCUT2D eigenvalue weighted by Crippen LogP contribution is 2.33. The second-order valence-electron chi connectivity index (χ2n) is 8.20. The number of carbonyl (C=O) groups excluding carboxylic acids is 1. The van der Waals surface area contributed by atoms with Gasteiger partial charge in [0.1, 0.15) is 37.0 Å². The predicted octanol–water partition coefficient (Wildman–Crippen LogP) is 2.98. The molecule has 0 spiro atoms. The van der Waals surface area contributed by atoms with E-state index in [0.717, 1.165) is 0 Å². The highest BCUT2D eigenvalue weighted by molar-refractivity contribution is 6.00. The lowest BCUT2D eigenvalue weighted by Crippen LogP contribution is -2.32. The van der Waals surface area contributed by atoms with Crippen LogP contribution in [0, 0.1) is 0 Å². The molecule has 2 aromatic rings. The number of amides is 1. The molecule has 9 heteroatoms. The average Bonchev–Trinajstić information content (AvgIpc) is 3.27. The number of halogens is 1. The van der Waals surface area contributed by atoms with Crippen molar-refractivity contribution in [2.24, 2.45) is 4.99 Å². The lowest BCUT2D eigenvalue weighted by Gasteiger charge is -2.23. The van der Waals surface area contributed by atoms with Crippen LogP contribution in [0.5, 0.6) is 23.0 Å². The number of aliphatic imine (C=N–C) groups is 1. The van der Waals surface area contributed by atoms with Crippen LogP contribution in [0.3, 0.4) is 0 Å². The number of rotatable bonds is 9. The van der Waals surface area contributed by atoms with Crippen molar-refractivity contribution in [2.45, 2.75) is 25.1 Å². The summed E-state index contributed by atoms with van der Waals surface area (Å²) >= 11 is 0. The summed E-state index contributed by atoms with van der Waals surface area (Å²) in [5.41, 5.74) is 0.793. The first-order valence-corrected chi connectivity index (χ1v) is 11.3. The van der Waals surface area contributed by atoms with Crippen LogP contribution in [-0.2, 0) is 4.79 Å². The number of carbonyl (C=O) groups is 1. The monoisotopic (exact) mass is 472 g/mol. The van der Waals surface area contributed by atoms with E-state index in [1.807, 2.05) is 4.90 Å². The van der Waals surface area contributed by atoms with Gasteiger partial charge in [0.2, 0.25) is 5.91 Å². The normalized spacial score (nSPS) is 19.0. The van der Waals surface area contributed by atoms with Gasteiger partial charge in [0.05, 0.1) is 25.8 Å². The molecule has 182 valence electrons. The van der Waals surface area contributed by atoms with Crippen LogP contribution in [0.25, 0.3) is 0 Å². The number of ether oxygens (including phenoxy) is 4. The number of hydrogen-bond donors (Lipinski definition) is 1. The number of fused-ring (bicyclic) bond motifs is 1. The Morgan fingerprint density at radius 2 is 1.91 bits per heavy atom. The quantitative estimate of drug-likeness (QED) is 0.561. The molecule has 1 amide bonds. The molecular formula is C25H29FN2O6. The summed E-state index contributed by atoms with van der Waals surface area (Å²) in [5.74, 6) is 2.04. The fraction of sp³-hybridized carbons (Fsp3) is 0.440. The summed E-state index contributed by atoms with van der Waals surface area (Å²) < 4.78 is 35.6. The third kappa shape index (κ3) is 6.24. The molecule has 2 atom stereocenters. The largest absolute Gasteiger partial charge is 0.497 e. The molecule has 4 rings (SSSR count). The fourth-order valence-electron chi connectivity index (χ4n) is 3.91. The zero-order valence-corrected chi connectivity index (χ0v) is 19.1.